The van der Waals surface area contributed by atoms with E-state index in [0.717, 1.165) is 0 Å². The molecule has 0 spiro atoms. The number of carbonyl (C=O) groups excluding carboxylic acids is 1. The molecule has 6 nitrogen and oxygen atoms in total. The number of nitrogens with one attached hydrogen (secondary N) is 1. The van der Waals surface area contributed by atoms with E-state index in [9.17, 15) is 13.2 Å². The molecule has 1 aliphatic rings. The Kier molecular flexibility index (Phi) is 4.12. The van der Waals surface area contributed by atoms with E-state index in [1.54, 1.807) is 12.1 Å². The molecule has 2 rings (SSSR count). The Bertz CT molecular complexity index is 603. The number of hydrogen-bond acceptors (Lipinski definition) is 4. The van der Waals surface area contributed by atoms with Gasteiger partial charge >= 0.3 is 0 Å². The number of rotatable bonds is 2. The van der Waals surface area contributed by atoms with Gasteiger partial charge in [-0.25, -0.2) is 8.42 Å². The Morgan fingerprint density at radius 1 is 1.32 bits per heavy atom. The molecule has 8 heteroatoms. The summed E-state index contributed by atoms with van der Waals surface area (Å²) in [7, 11) is -3.62. The van der Waals surface area contributed by atoms with Crippen LogP contribution in [0.2, 0.25) is 0 Å². The van der Waals surface area contributed by atoms with Gasteiger partial charge in [0.1, 0.15) is 0 Å². The molecule has 104 valence electrons. The molecule has 0 atom stereocenters. The van der Waals surface area contributed by atoms with Gasteiger partial charge in [-0.05, 0) is 34.1 Å². The normalized spacial score (nSPS) is 17.8. The third kappa shape index (κ3) is 3.07. The van der Waals surface area contributed by atoms with E-state index in [1.165, 1.54) is 10.4 Å². The second-order valence-electron chi connectivity index (χ2n) is 4.19. The molecule has 0 aromatic heterocycles. The van der Waals surface area contributed by atoms with Crippen LogP contribution in [0.25, 0.3) is 0 Å². The van der Waals surface area contributed by atoms with Crippen molar-refractivity contribution in [2.75, 3.05) is 25.4 Å². The molecule has 1 heterocycles. The summed E-state index contributed by atoms with van der Waals surface area (Å²) in [6.45, 7) is 0.778. The maximum Gasteiger partial charge on any atom is 0.244 e. The van der Waals surface area contributed by atoms with Gasteiger partial charge in [0.05, 0.1) is 4.90 Å². The van der Waals surface area contributed by atoms with Crippen LogP contribution in [0.4, 0.5) is 5.69 Å². The summed E-state index contributed by atoms with van der Waals surface area (Å²) in [6, 6.07) is 4.56. The minimum atomic E-state index is -3.62. The van der Waals surface area contributed by atoms with E-state index < -0.39 is 10.0 Å². The van der Waals surface area contributed by atoms with E-state index >= 15 is 0 Å². The summed E-state index contributed by atoms with van der Waals surface area (Å²) in [5.74, 6) is -0.130. The van der Waals surface area contributed by atoms with Crippen LogP contribution in [0.5, 0.6) is 0 Å². The van der Waals surface area contributed by atoms with Gasteiger partial charge in [-0.3, -0.25) is 4.79 Å². The molecule has 1 aliphatic heterocycles. The zero-order valence-electron chi connectivity index (χ0n) is 10.1. The predicted molar refractivity (Wildman–Crippen MR) is 74.9 cm³/mol. The third-order valence-electron chi connectivity index (χ3n) is 2.85. The zero-order valence-corrected chi connectivity index (χ0v) is 12.5. The molecule has 3 N–H and O–H groups in total. The number of hydrogen-bond donors (Lipinski definition) is 2. The van der Waals surface area contributed by atoms with E-state index in [0.29, 0.717) is 16.7 Å². The molecule has 1 amide bonds. The number of nitrogens with two attached hydrogens (primary N) is 1. The van der Waals surface area contributed by atoms with E-state index in [2.05, 4.69) is 21.2 Å². The monoisotopic (exact) mass is 347 g/mol. The first-order chi connectivity index (χ1) is 8.91. The number of amides is 1. The van der Waals surface area contributed by atoms with Crippen LogP contribution < -0.4 is 11.1 Å². The fraction of sp³-hybridized carbons (Fsp3) is 0.364. The van der Waals surface area contributed by atoms with Crippen molar-refractivity contribution in [3.63, 3.8) is 0 Å². The Labute approximate surface area is 120 Å². The maximum absolute atomic E-state index is 12.5. The Morgan fingerprint density at radius 2 is 2.05 bits per heavy atom. The highest BCUT2D eigenvalue weighted by Gasteiger charge is 2.28. The average molecular weight is 348 g/mol. The van der Waals surface area contributed by atoms with Crippen LogP contribution in [0.1, 0.15) is 6.42 Å². The Morgan fingerprint density at radius 3 is 2.74 bits per heavy atom. The highest BCUT2D eigenvalue weighted by molar-refractivity contribution is 9.10. The second kappa shape index (κ2) is 5.48. The average Bonchev–Trinajstić information content (AvgIpc) is 2.53. The first kappa shape index (κ1) is 14.3. The van der Waals surface area contributed by atoms with Gasteiger partial charge in [0.15, 0.2) is 0 Å². The van der Waals surface area contributed by atoms with Gasteiger partial charge in [-0.1, -0.05) is 0 Å². The van der Waals surface area contributed by atoms with Crippen molar-refractivity contribution in [3.05, 3.63) is 22.7 Å². The minimum Gasteiger partial charge on any atom is -0.399 e. The fourth-order valence-electron chi connectivity index (χ4n) is 1.85. The molecule has 0 radical (unpaired) electrons. The number of sulfonamides is 1. The van der Waals surface area contributed by atoms with E-state index in [4.69, 9.17) is 5.73 Å². The number of anilines is 1. The smallest absolute Gasteiger partial charge is 0.244 e. The third-order valence-corrected chi connectivity index (χ3v) is 5.72. The van der Waals surface area contributed by atoms with Crippen molar-refractivity contribution in [1.29, 1.82) is 0 Å². The summed E-state index contributed by atoms with van der Waals surface area (Å²) in [6.07, 6.45) is 0.172. The largest absolute Gasteiger partial charge is 0.399 e. The van der Waals surface area contributed by atoms with Gasteiger partial charge in [0.2, 0.25) is 15.9 Å². The van der Waals surface area contributed by atoms with Crippen LogP contribution in [0.3, 0.4) is 0 Å². The zero-order chi connectivity index (χ0) is 14.0. The number of nitrogen functional groups attached to an aromatic ring is 1. The molecule has 0 saturated carbocycles. The summed E-state index contributed by atoms with van der Waals surface area (Å²) >= 11 is 3.21. The molecular formula is C11H14BrN3O3S. The van der Waals surface area contributed by atoms with Crippen molar-refractivity contribution in [2.45, 2.75) is 11.3 Å². The van der Waals surface area contributed by atoms with Crippen molar-refractivity contribution < 1.29 is 13.2 Å². The lowest BCUT2D eigenvalue weighted by Gasteiger charge is -2.20. The lowest BCUT2D eigenvalue weighted by Crippen LogP contribution is -2.34. The summed E-state index contributed by atoms with van der Waals surface area (Å²) in [4.78, 5) is 11.4. The highest BCUT2D eigenvalue weighted by Crippen LogP contribution is 2.27. The van der Waals surface area contributed by atoms with Crippen LogP contribution in [0, 0.1) is 0 Å². The SMILES string of the molecule is Nc1ccc(S(=O)(=O)N2CCNC(=O)CC2)c(Br)c1. The first-order valence-corrected chi connectivity index (χ1v) is 7.96. The second-order valence-corrected chi connectivity index (χ2v) is 6.95. The number of carbonyl (C=O) groups is 1. The molecule has 0 bridgehead atoms. The minimum absolute atomic E-state index is 0.130. The Hall–Kier alpha value is -1.12. The standard InChI is InChI=1S/C11H14BrN3O3S/c12-9-7-8(13)1-2-10(9)19(17,18)15-5-3-11(16)14-4-6-15/h1-2,7H,3-6,13H2,(H,14,16). The summed E-state index contributed by atoms with van der Waals surface area (Å²) < 4.78 is 26.7. The van der Waals surface area contributed by atoms with Crippen LogP contribution in [-0.2, 0) is 14.8 Å². The first-order valence-electron chi connectivity index (χ1n) is 5.73. The van der Waals surface area contributed by atoms with Crippen LogP contribution >= 0.6 is 15.9 Å². The number of benzene rings is 1. The highest BCUT2D eigenvalue weighted by atomic mass is 79.9. The maximum atomic E-state index is 12.5. The topological polar surface area (TPSA) is 92.5 Å². The molecule has 0 aliphatic carbocycles. The van der Waals surface area contributed by atoms with Crippen LogP contribution in [-0.4, -0.2) is 38.3 Å². The molecule has 1 fully saturated rings. The van der Waals surface area contributed by atoms with Crippen molar-refractivity contribution in [1.82, 2.24) is 9.62 Å². The number of nitrogens with zero attached hydrogens (tertiary/aromatic N) is 1. The lowest BCUT2D eigenvalue weighted by molar-refractivity contribution is -0.120. The van der Waals surface area contributed by atoms with E-state index in [1.807, 2.05) is 0 Å². The lowest BCUT2D eigenvalue weighted by atomic mass is 10.3. The number of halogens is 1. The van der Waals surface area contributed by atoms with Gasteiger partial charge < -0.3 is 11.1 Å². The van der Waals surface area contributed by atoms with Gasteiger partial charge in [0, 0.05) is 36.2 Å². The predicted octanol–water partition coefficient (Wildman–Crippen LogP) is 0.542. The quantitative estimate of drug-likeness (QED) is 0.763. The summed E-state index contributed by atoms with van der Waals surface area (Å²) in [5.41, 5.74) is 6.08. The van der Waals surface area contributed by atoms with Crippen molar-refractivity contribution in [2.24, 2.45) is 0 Å². The van der Waals surface area contributed by atoms with Crippen molar-refractivity contribution in [3.8, 4) is 0 Å². The molecule has 1 aromatic rings. The molecule has 1 saturated heterocycles. The molecular weight excluding hydrogens is 334 g/mol. The molecule has 0 unspecified atom stereocenters. The Balaban J connectivity index is 2.33. The molecule has 1 aromatic carbocycles. The fourth-order valence-corrected chi connectivity index (χ4v) is 4.35. The van der Waals surface area contributed by atoms with E-state index in [-0.39, 0.29) is 30.3 Å². The summed E-state index contributed by atoms with van der Waals surface area (Å²) in [5, 5.41) is 2.65. The van der Waals surface area contributed by atoms with Gasteiger partial charge in [-0.2, -0.15) is 4.31 Å². The van der Waals surface area contributed by atoms with Gasteiger partial charge in [0.25, 0.3) is 0 Å². The van der Waals surface area contributed by atoms with Gasteiger partial charge in [-0.15, -0.1) is 0 Å². The molecule has 19 heavy (non-hydrogen) atoms. The van der Waals surface area contributed by atoms with Crippen LogP contribution in [0.15, 0.2) is 27.6 Å². The van der Waals surface area contributed by atoms with Crippen molar-refractivity contribution >= 4 is 37.5 Å².